The van der Waals surface area contributed by atoms with Gasteiger partial charge in [0.15, 0.2) is 0 Å². The van der Waals surface area contributed by atoms with Gasteiger partial charge in [0, 0.05) is 24.8 Å². The Morgan fingerprint density at radius 1 is 1.47 bits per heavy atom. The summed E-state index contributed by atoms with van der Waals surface area (Å²) in [5.41, 5.74) is 0. The molecule has 0 aromatic heterocycles. The number of carbonyl (C=O) groups excluding carboxylic acids is 1. The van der Waals surface area contributed by atoms with Crippen molar-refractivity contribution in [2.45, 2.75) is 31.3 Å². The van der Waals surface area contributed by atoms with Crippen molar-refractivity contribution >= 4 is 23.8 Å². The first kappa shape index (κ1) is 14.1. The Balaban J connectivity index is 2.33. The van der Waals surface area contributed by atoms with Crippen molar-refractivity contribution < 1.29 is 19.8 Å². The highest BCUT2D eigenvalue weighted by Gasteiger charge is 2.21. The van der Waals surface area contributed by atoms with Crippen LogP contribution in [0.25, 0.3) is 0 Å². The van der Waals surface area contributed by atoms with Crippen molar-refractivity contribution in [2.75, 3.05) is 18.1 Å². The summed E-state index contributed by atoms with van der Waals surface area (Å²) >= 11 is 1.78. The van der Waals surface area contributed by atoms with Crippen LogP contribution in [0.3, 0.4) is 0 Å². The number of hydrogen-bond donors (Lipinski definition) is 4. The molecule has 0 bridgehead atoms. The predicted octanol–water partition coefficient (Wildman–Crippen LogP) is 0.0168. The molecule has 98 valence electrons. The second-order valence-electron chi connectivity index (χ2n) is 3.93. The van der Waals surface area contributed by atoms with Gasteiger partial charge in [-0.25, -0.2) is 9.59 Å². The molecule has 1 aliphatic heterocycles. The van der Waals surface area contributed by atoms with E-state index in [2.05, 4.69) is 10.6 Å². The molecule has 2 amide bonds. The van der Waals surface area contributed by atoms with Crippen molar-refractivity contribution in [1.29, 1.82) is 0 Å². The van der Waals surface area contributed by atoms with E-state index in [1.807, 2.05) is 0 Å². The van der Waals surface area contributed by atoms with E-state index in [0.29, 0.717) is 0 Å². The summed E-state index contributed by atoms with van der Waals surface area (Å²) in [4.78, 5) is 22.3. The highest BCUT2D eigenvalue weighted by atomic mass is 32.2. The quantitative estimate of drug-likeness (QED) is 0.560. The van der Waals surface area contributed by atoms with Crippen LogP contribution in [0.1, 0.15) is 19.3 Å². The van der Waals surface area contributed by atoms with Crippen LogP contribution >= 0.6 is 11.8 Å². The number of amides is 2. The van der Waals surface area contributed by atoms with Gasteiger partial charge in [-0.1, -0.05) is 0 Å². The molecule has 1 aliphatic rings. The molecule has 0 aromatic rings. The van der Waals surface area contributed by atoms with E-state index < -0.39 is 18.0 Å². The molecule has 1 heterocycles. The first-order valence-corrected chi connectivity index (χ1v) is 6.77. The number of hydrogen-bond acceptors (Lipinski definition) is 4. The summed E-state index contributed by atoms with van der Waals surface area (Å²) in [7, 11) is 0. The highest BCUT2D eigenvalue weighted by molar-refractivity contribution is 7.99. The molecule has 0 spiro atoms. The van der Waals surface area contributed by atoms with Crippen molar-refractivity contribution in [3.63, 3.8) is 0 Å². The Hall–Kier alpha value is -0.950. The van der Waals surface area contributed by atoms with Crippen LogP contribution in [-0.2, 0) is 4.79 Å². The number of carboxylic acids is 1. The number of rotatable bonds is 5. The molecule has 1 fully saturated rings. The lowest BCUT2D eigenvalue weighted by atomic mass is 10.2. The molecule has 1 rings (SSSR count). The Bertz CT molecular complexity index is 269. The summed E-state index contributed by atoms with van der Waals surface area (Å²) in [6.45, 7) is -0.267. The minimum absolute atomic E-state index is 0.0160. The van der Waals surface area contributed by atoms with Crippen molar-refractivity contribution in [3.8, 4) is 0 Å². The van der Waals surface area contributed by atoms with Gasteiger partial charge < -0.3 is 20.8 Å². The Morgan fingerprint density at radius 2 is 2.24 bits per heavy atom. The number of aliphatic hydroxyl groups excluding tert-OH is 1. The number of carboxylic acid groups (broad SMARTS) is 1. The lowest BCUT2D eigenvalue weighted by Crippen LogP contribution is -2.50. The first-order valence-electron chi connectivity index (χ1n) is 5.62. The molecule has 6 nitrogen and oxygen atoms in total. The molecule has 7 heteroatoms. The van der Waals surface area contributed by atoms with Gasteiger partial charge in [0.25, 0.3) is 0 Å². The molecule has 0 aliphatic carbocycles. The van der Waals surface area contributed by atoms with Gasteiger partial charge in [-0.05, 0) is 18.6 Å². The molecular weight excluding hydrogens is 244 g/mol. The van der Waals surface area contributed by atoms with Crippen molar-refractivity contribution in [1.82, 2.24) is 10.6 Å². The highest BCUT2D eigenvalue weighted by Crippen LogP contribution is 2.16. The molecular formula is C10H18N2O4S. The minimum atomic E-state index is -1.13. The molecule has 4 N–H and O–H groups in total. The summed E-state index contributed by atoms with van der Waals surface area (Å²) in [5.74, 6) is 0.847. The van der Waals surface area contributed by atoms with Crippen LogP contribution < -0.4 is 10.6 Å². The van der Waals surface area contributed by atoms with E-state index in [-0.39, 0.29) is 19.1 Å². The van der Waals surface area contributed by atoms with E-state index in [1.54, 1.807) is 11.8 Å². The third kappa shape index (κ3) is 5.27. The molecule has 0 radical (unpaired) electrons. The second kappa shape index (κ2) is 7.39. The van der Waals surface area contributed by atoms with E-state index in [4.69, 9.17) is 10.2 Å². The second-order valence-corrected chi connectivity index (χ2v) is 5.08. The van der Waals surface area contributed by atoms with Crippen LogP contribution in [-0.4, -0.2) is 52.4 Å². The number of nitrogens with one attached hydrogen (secondary N) is 2. The van der Waals surface area contributed by atoms with Gasteiger partial charge in [0.1, 0.15) is 6.04 Å². The Labute approximate surface area is 104 Å². The maximum atomic E-state index is 11.5. The summed E-state index contributed by atoms with van der Waals surface area (Å²) in [6, 6.07) is -1.40. The number of thioether (sulfide) groups is 1. The number of carbonyl (C=O) groups is 2. The zero-order valence-corrected chi connectivity index (χ0v) is 10.3. The number of aliphatic hydroxyl groups is 1. The summed E-state index contributed by atoms with van der Waals surface area (Å²) in [6.07, 6.45) is 2.01. The summed E-state index contributed by atoms with van der Waals surface area (Å²) < 4.78 is 0. The van der Waals surface area contributed by atoms with E-state index >= 15 is 0 Å². The number of urea groups is 1. The third-order valence-corrected chi connectivity index (χ3v) is 3.73. The normalized spacial score (nSPS) is 21.6. The van der Waals surface area contributed by atoms with Gasteiger partial charge in [-0.3, -0.25) is 0 Å². The SMILES string of the molecule is O=C(NC1CCCSC1)N[C@H](CCO)C(=O)O. The zero-order chi connectivity index (χ0) is 12.7. The monoisotopic (exact) mass is 262 g/mol. The summed E-state index contributed by atoms with van der Waals surface area (Å²) in [5, 5.41) is 22.6. The average molecular weight is 262 g/mol. The maximum Gasteiger partial charge on any atom is 0.326 e. The Kier molecular flexibility index (Phi) is 6.13. The first-order chi connectivity index (χ1) is 8.13. The molecule has 0 aromatic carbocycles. The van der Waals surface area contributed by atoms with Crippen LogP contribution in [0.2, 0.25) is 0 Å². The smallest absolute Gasteiger partial charge is 0.326 e. The zero-order valence-electron chi connectivity index (χ0n) is 9.52. The Morgan fingerprint density at radius 3 is 2.76 bits per heavy atom. The maximum absolute atomic E-state index is 11.5. The molecule has 0 saturated carbocycles. The average Bonchev–Trinajstić information content (AvgIpc) is 2.29. The van der Waals surface area contributed by atoms with Crippen LogP contribution in [0.4, 0.5) is 4.79 Å². The van der Waals surface area contributed by atoms with E-state index in [0.717, 1.165) is 24.3 Å². The van der Waals surface area contributed by atoms with Gasteiger partial charge in [0.2, 0.25) is 0 Å². The number of aliphatic carboxylic acids is 1. The van der Waals surface area contributed by atoms with Crippen LogP contribution in [0.15, 0.2) is 0 Å². The standard InChI is InChI=1S/C10H18N2O4S/c13-4-3-8(9(14)15)12-10(16)11-7-2-1-5-17-6-7/h7-8,13H,1-6H2,(H,14,15)(H2,11,12,16)/t7?,8-/m1/s1. The van der Waals surface area contributed by atoms with Crippen molar-refractivity contribution in [2.24, 2.45) is 0 Å². The fourth-order valence-electron chi connectivity index (χ4n) is 1.63. The lowest BCUT2D eigenvalue weighted by Gasteiger charge is -2.23. The largest absolute Gasteiger partial charge is 0.480 e. The fourth-order valence-corrected chi connectivity index (χ4v) is 2.70. The van der Waals surface area contributed by atoms with Gasteiger partial charge >= 0.3 is 12.0 Å². The lowest BCUT2D eigenvalue weighted by molar-refractivity contribution is -0.139. The van der Waals surface area contributed by atoms with Gasteiger partial charge in [-0.15, -0.1) is 0 Å². The molecule has 2 atom stereocenters. The molecule has 1 unspecified atom stereocenters. The minimum Gasteiger partial charge on any atom is -0.480 e. The predicted molar refractivity (Wildman–Crippen MR) is 65.1 cm³/mol. The topological polar surface area (TPSA) is 98.7 Å². The molecule has 17 heavy (non-hydrogen) atoms. The third-order valence-electron chi connectivity index (χ3n) is 2.52. The van der Waals surface area contributed by atoms with Crippen LogP contribution in [0.5, 0.6) is 0 Å². The fraction of sp³-hybridized carbons (Fsp3) is 0.800. The van der Waals surface area contributed by atoms with Gasteiger partial charge in [-0.2, -0.15) is 11.8 Å². The van der Waals surface area contributed by atoms with E-state index in [1.165, 1.54) is 0 Å². The van der Waals surface area contributed by atoms with Crippen LogP contribution in [0, 0.1) is 0 Å². The molecule has 1 saturated heterocycles. The van der Waals surface area contributed by atoms with Crippen molar-refractivity contribution in [3.05, 3.63) is 0 Å². The van der Waals surface area contributed by atoms with E-state index in [9.17, 15) is 9.59 Å². The van der Waals surface area contributed by atoms with Gasteiger partial charge in [0.05, 0.1) is 0 Å².